The Morgan fingerprint density at radius 1 is 0.926 bits per heavy atom. The van der Waals surface area contributed by atoms with E-state index < -0.39 is 0 Å². The van der Waals surface area contributed by atoms with Crippen molar-refractivity contribution in [2.75, 3.05) is 18.4 Å². The Hall–Kier alpha value is -2.66. The maximum atomic E-state index is 12.4. The zero-order valence-electron chi connectivity index (χ0n) is 14.9. The fourth-order valence-electron chi connectivity index (χ4n) is 3.09. The molecule has 0 spiro atoms. The lowest BCUT2D eigenvalue weighted by atomic mass is 10.1. The second-order valence-electron chi connectivity index (χ2n) is 6.56. The van der Waals surface area contributed by atoms with Gasteiger partial charge in [-0.3, -0.25) is 14.4 Å². The van der Waals surface area contributed by atoms with E-state index in [4.69, 9.17) is 11.6 Å². The smallest absolute Gasteiger partial charge is 0.253 e. The highest BCUT2D eigenvalue weighted by Gasteiger charge is 2.19. The minimum Gasteiger partial charge on any atom is -0.339 e. The van der Waals surface area contributed by atoms with E-state index in [0.717, 1.165) is 25.9 Å². The maximum Gasteiger partial charge on any atom is 0.253 e. The van der Waals surface area contributed by atoms with Crippen molar-refractivity contribution >= 4 is 34.9 Å². The number of amides is 2. The van der Waals surface area contributed by atoms with Crippen LogP contribution in [0.2, 0.25) is 5.02 Å². The van der Waals surface area contributed by atoms with Gasteiger partial charge in [0.15, 0.2) is 5.78 Å². The molecule has 2 amide bonds. The molecule has 1 fully saturated rings. The molecule has 2 aromatic rings. The summed E-state index contributed by atoms with van der Waals surface area (Å²) in [6, 6.07) is 13.6. The van der Waals surface area contributed by atoms with Crippen LogP contribution in [0.5, 0.6) is 0 Å². The number of Topliss-reactive ketones (excluding diaryl/α,β-unsaturated/α-hetero) is 1. The molecule has 140 valence electrons. The number of anilines is 1. The van der Waals surface area contributed by atoms with Crippen molar-refractivity contribution in [3.8, 4) is 0 Å². The Balaban J connectivity index is 1.55. The van der Waals surface area contributed by atoms with E-state index in [-0.39, 0.29) is 30.4 Å². The van der Waals surface area contributed by atoms with E-state index in [2.05, 4.69) is 5.32 Å². The summed E-state index contributed by atoms with van der Waals surface area (Å²) in [5.41, 5.74) is 1.61. The molecule has 1 aliphatic rings. The first-order chi connectivity index (χ1) is 13.0. The molecule has 0 unspecified atom stereocenters. The first-order valence-corrected chi connectivity index (χ1v) is 9.39. The third-order valence-electron chi connectivity index (χ3n) is 4.51. The minimum atomic E-state index is -0.267. The van der Waals surface area contributed by atoms with Gasteiger partial charge in [0.25, 0.3) is 5.91 Å². The molecule has 2 aromatic carbocycles. The number of ketones is 1. The van der Waals surface area contributed by atoms with Crippen molar-refractivity contribution in [2.45, 2.75) is 25.7 Å². The van der Waals surface area contributed by atoms with Gasteiger partial charge >= 0.3 is 0 Å². The second-order valence-corrected chi connectivity index (χ2v) is 7.00. The normalized spacial score (nSPS) is 13.4. The van der Waals surface area contributed by atoms with Crippen LogP contribution in [0.3, 0.4) is 0 Å². The monoisotopic (exact) mass is 384 g/mol. The molecule has 0 aromatic heterocycles. The number of carbonyl (C=O) groups excluding carboxylic acids is 3. The van der Waals surface area contributed by atoms with Crippen molar-refractivity contribution in [2.24, 2.45) is 0 Å². The lowest BCUT2D eigenvalue weighted by molar-refractivity contribution is -0.116. The Morgan fingerprint density at radius 2 is 1.63 bits per heavy atom. The predicted octanol–water partition coefficient (Wildman–Crippen LogP) is 4.18. The minimum absolute atomic E-state index is 0.0141. The van der Waals surface area contributed by atoms with Gasteiger partial charge in [0.1, 0.15) is 0 Å². The number of hydrogen-bond acceptors (Lipinski definition) is 3. The average molecular weight is 385 g/mol. The number of carbonyl (C=O) groups is 3. The van der Waals surface area contributed by atoms with Crippen molar-refractivity contribution in [3.05, 3.63) is 64.7 Å². The number of nitrogens with one attached hydrogen (secondary N) is 1. The highest BCUT2D eigenvalue weighted by atomic mass is 35.5. The van der Waals surface area contributed by atoms with Gasteiger partial charge in [0.2, 0.25) is 5.91 Å². The molecule has 0 atom stereocenters. The number of rotatable bonds is 6. The molecule has 0 aliphatic carbocycles. The highest BCUT2D eigenvalue weighted by molar-refractivity contribution is 6.31. The quantitative estimate of drug-likeness (QED) is 0.760. The van der Waals surface area contributed by atoms with Gasteiger partial charge < -0.3 is 10.2 Å². The van der Waals surface area contributed by atoms with Crippen LogP contribution in [0.15, 0.2) is 48.5 Å². The van der Waals surface area contributed by atoms with Crippen molar-refractivity contribution < 1.29 is 14.4 Å². The molecule has 1 aliphatic heterocycles. The molecule has 0 radical (unpaired) electrons. The van der Waals surface area contributed by atoms with Crippen LogP contribution in [0.1, 0.15) is 46.4 Å². The lowest BCUT2D eigenvalue weighted by Crippen LogP contribution is -2.27. The summed E-state index contributed by atoms with van der Waals surface area (Å²) in [7, 11) is 0. The Labute approximate surface area is 163 Å². The lowest BCUT2D eigenvalue weighted by Gasteiger charge is -2.15. The van der Waals surface area contributed by atoms with E-state index in [0.29, 0.717) is 21.8 Å². The fourth-order valence-corrected chi connectivity index (χ4v) is 3.28. The molecule has 1 N–H and O–H groups in total. The molecular weight excluding hydrogens is 364 g/mol. The largest absolute Gasteiger partial charge is 0.339 e. The summed E-state index contributed by atoms with van der Waals surface area (Å²) in [6.45, 7) is 1.56. The van der Waals surface area contributed by atoms with Crippen molar-refractivity contribution in [3.63, 3.8) is 0 Å². The number of likely N-dealkylation sites (tertiary alicyclic amines) is 1. The number of hydrogen-bond donors (Lipinski definition) is 1. The van der Waals surface area contributed by atoms with Crippen LogP contribution in [0, 0.1) is 0 Å². The highest BCUT2D eigenvalue weighted by Crippen LogP contribution is 2.17. The van der Waals surface area contributed by atoms with Gasteiger partial charge in [-0.1, -0.05) is 29.8 Å². The van der Waals surface area contributed by atoms with Crippen LogP contribution in [-0.2, 0) is 4.79 Å². The van der Waals surface area contributed by atoms with Crippen molar-refractivity contribution in [1.82, 2.24) is 4.90 Å². The van der Waals surface area contributed by atoms with Gasteiger partial charge in [-0.2, -0.15) is 0 Å². The van der Waals surface area contributed by atoms with E-state index in [1.807, 2.05) is 4.90 Å². The third-order valence-corrected chi connectivity index (χ3v) is 4.75. The topological polar surface area (TPSA) is 66.5 Å². The van der Waals surface area contributed by atoms with Gasteiger partial charge in [-0.25, -0.2) is 0 Å². The molecular formula is C21H21ClN2O3. The molecule has 1 saturated heterocycles. The van der Waals surface area contributed by atoms with E-state index in [1.165, 1.54) is 0 Å². The summed E-state index contributed by atoms with van der Waals surface area (Å²) < 4.78 is 0. The van der Waals surface area contributed by atoms with Gasteiger partial charge in [-0.05, 0) is 43.2 Å². The number of benzene rings is 2. The predicted molar refractivity (Wildman–Crippen MR) is 105 cm³/mol. The van der Waals surface area contributed by atoms with Crippen LogP contribution in [0.25, 0.3) is 0 Å². The molecule has 5 nitrogen and oxygen atoms in total. The number of nitrogens with zero attached hydrogens (tertiary/aromatic N) is 1. The fraction of sp³-hybridized carbons (Fsp3) is 0.286. The summed E-state index contributed by atoms with van der Waals surface area (Å²) in [5.74, 6) is -0.415. The molecule has 0 bridgehead atoms. The zero-order valence-corrected chi connectivity index (χ0v) is 15.7. The van der Waals surface area contributed by atoms with Gasteiger partial charge in [-0.15, -0.1) is 0 Å². The average Bonchev–Trinajstić information content (AvgIpc) is 3.20. The Kier molecular flexibility index (Phi) is 6.24. The SMILES string of the molecule is O=C(CCC(=O)c1cccc(Cl)c1)Nc1cccc(C(=O)N2CCCC2)c1. The second kappa shape index (κ2) is 8.82. The summed E-state index contributed by atoms with van der Waals surface area (Å²) in [6.07, 6.45) is 2.22. The first-order valence-electron chi connectivity index (χ1n) is 9.01. The van der Waals surface area contributed by atoms with E-state index >= 15 is 0 Å². The van der Waals surface area contributed by atoms with E-state index in [9.17, 15) is 14.4 Å². The van der Waals surface area contributed by atoms with Crippen LogP contribution < -0.4 is 5.32 Å². The maximum absolute atomic E-state index is 12.4. The summed E-state index contributed by atoms with van der Waals surface area (Å²) in [5, 5.41) is 3.25. The molecule has 3 rings (SSSR count). The Bertz CT molecular complexity index is 860. The van der Waals surface area contributed by atoms with Crippen LogP contribution in [-0.4, -0.2) is 35.6 Å². The molecule has 1 heterocycles. The summed E-state index contributed by atoms with van der Waals surface area (Å²) >= 11 is 5.88. The number of halogens is 1. The Morgan fingerprint density at radius 3 is 2.37 bits per heavy atom. The third kappa shape index (κ3) is 5.17. The van der Waals surface area contributed by atoms with Crippen molar-refractivity contribution in [1.29, 1.82) is 0 Å². The zero-order chi connectivity index (χ0) is 19.2. The van der Waals surface area contributed by atoms with E-state index in [1.54, 1.807) is 48.5 Å². The summed E-state index contributed by atoms with van der Waals surface area (Å²) in [4.78, 5) is 38.6. The van der Waals surface area contributed by atoms with Crippen LogP contribution >= 0.6 is 11.6 Å². The molecule has 27 heavy (non-hydrogen) atoms. The standard InChI is InChI=1S/C21H21ClN2O3/c22-17-7-3-5-15(13-17)19(25)9-10-20(26)23-18-8-4-6-16(14-18)21(27)24-11-1-2-12-24/h3-8,13-14H,1-2,9-12H2,(H,23,26). The van der Waals surface area contributed by atoms with Gasteiger partial charge in [0.05, 0.1) is 0 Å². The van der Waals surface area contributed by atoms with Crippen LogP contribution in [0.4, 0.5) is 5.69 Å². The molecule has 0 saturated carbocycles. The first kappa shape index (κ1) is 19.1. The molecule has 6 heteroatoms. The van der Waals surface area contributed by atoms with Gasteiger partial charge in [0, 0.05) is 47.8 Å².